The molecule has 0 bridgehead atoms. The van der Waals surface area contributed by atoms with E-state index in [1.165, 1.54) is 92.5 Å². The van der Waals surface area contributed by atoms with E-state index in [0.717, 1.165) is 117 Å². The second kappa shape index (κ2) is 30.6. The molecule has 0 fully saturated rings. The highest BCUT2D eigenvalue weighted by Crippen LogP contribution is 2.47. The molecule has 0 amide bonds. The summed E-state index contributed by atoms with van der Waals surface area (Å²) < 4.78 is 9.63. The first-order chi connectivity index (χ1) is 62.5. The van der Waals surface area contributed by atoms with Crippen LogP contribution in [-0.4, -0.2) is 43.2 Å². The standard InChI is InChI=1S/C59H37N5.C58H38N4/c1-2-20-45(21-3-1)63-51-27-12-10-25-49(51)55-53(63)33-34-54-56(55)50-26-11-13-28-52(50)64(54)46-22-14-19-42(37-46)47-23-8-9-24-48(47)59-61-57(43-31-29-38-15-4-6-17-40(38)35-43)60-58(62-59)44-32-30-39-16-5-7-18-41(39)36-44;1-4-16-39(17-5-1)42-20-14-22-44(36-42)50-38-51(60-58(59-50)41-18-6-2-7-19-41)45-23-15-21-43(37-45)40-30-32-47(33-31-40)62-53-29-13-11-27-49(53)57-55(62)35-34-54-56(57)48-26-10-12-28-52(48)61(54)46-24-8-3-9-25-46/h1-37H;1-38H. The van der Waals surface area contributed by atoms with Gasteiger partial charge in [0.15, 0.2) is 23.3 Å². The fraction of sp³-hybridized carbons (Fsp3) is 0. The maximum absolute atomic E-state index is 5.26. The van der Waals surface area contributed by atoms with Crippen LogP contribution in [0.1, 0.15) is 0 Å². The van der Waals surface area contributed by atoms with Gasteiger partial charge < -0.3 is 18.3 Å². The molecule has 0 radical (unpaired) electrons. The van der Waals surface area contributed by atoms with Gasteiger partial charge in [0.2, 0.25) is 0 Å². The summed E-state index contributed by atoms with van der Waals surface area (Å²) in [5.41, 5.74) is 28.3. The average Bonchev–Trinajstić information content (AvgIpc) is 1.55. The maximum atomic E-state index is 5.26. The highest BCUT2D eigenvalue weighted by Gasteiger charge is 2.25. The van der Waals surface area contributed by atoms with Crippen LogP contribution in [0.25, 0.3) is 233 Å². The van der Waals surface area contributed by atoms with Crippen molar-refractivity contribution in [1.82, 2.24) is 43.2 Å². The van der Waals surface area contributed by atoms with E-state index in [1.54, 1.807) is 0 Å². The molecule has 0 unspecified atom stereocenters. The fourth-order valence-electron chi connectivity index (χ4n) is 19.1. The topological polar surface area (TPSA) is 84.2 Å². The van der Waals surface area contributed by atoms with Gasteiger partial charge in [0.25, 0.3) is 0 Å². The number of hydrogen-bond acceptors (Lipinski definition) is 5. The molecule has 6 heterocycles. The van der Waals surface area contributed by atoms with Gasteiger partial charge in [-0.1, -0.05) is 328 Å². The molecular weight excluding hydrogens is 1530 g/mol. The predicted octanol–water partition coefficient (Wildman–Crippen LogP) is 30.0. The van der Waals surface area contributed by atoms with Crippen molar-refractivity contribution in [2.75, 3.05) is 0 Å². The number of aromatic nitrogens is 9. The van der Waals surface area contributed by atoms with E-state index in [0.29, 0.717) is 23.3 Å². The van der Waals surface area contributed by atoms with E-state index in [9.17, 15) is 0 Å². The van der Waals surface area contributed by atoms with Gasteiger partial charge in [-0.15, -0.1) is 0 Å². The zero-order valence-electron chi connectivity index (χ0n) is 68.3. The minimum Gasteiger partial charge on any atom is -0.309 e. The summed E-state index contributed by atoms with van der Waals surface area (Å²) in [6.07, 6.45) is 0. The van der Waals surface area contributed by atoms with Crippen LogP contribution in [0.2, 0.25) is 0 Å². The second-order valence-electron chi connectivity index (χ2n) is 32.2. The van der Waals surface area contributed by atoms with Gasteiger partial charge in [0, 0.05) is 99.2 Å². The Kier molecular flexibility index (Phi) is 17.7. The van der Waals surface area contributed by atoms with Crippen LogP contribution in [0.3, 0.4) is 0 Å². The number of fused-ring (bicyclic) bond motifs is 16. The fourth-order valence-corrected chi connectivity index (χ4v) is 19.1. The van der Waals surface area contributed by atoms with Crippen LogP contribution in [0.4, 0.5) is 0 Å². The first kappa shape index (κ1) is 73.0. The van der Waals surface area contributed by atoms with Gasteiger partial charge in [0.05, 0.1) is 55.5 Å². The molecule has 588 valence electrons. The highest BCUT2D eigenvalue weighted by atomic mass is 15.0. The summed E-state index contributed by atoms with van der Waals surface area (Å²) in [5.74, 6) is 2.59. The van der Waals surface area contributed by atoms with Crippen LogP contribution >= 0.6 is 0 Å². The lowest BCUT2D eigenvalue weighted by Gasteiger charge is -2.14. The lowest BCUT2D eigenvalue weighted by atomic mass is 9.98. The van der Waals surface area contributed by atoms with Gasteiger partial charge in [0.1, 0.15) is 0 Å². The van der Waals surface area contributed by atoms with Crippen LogP contribution in [0, 0.1) is 0 Å². The third-order valence-electron chi connectivity index (χ3n) is 24.8. The van der Waals surface area contributed by atoms with E-state index in [4.69, 9.17) is 24.9 Å². The summed E-state index contributed by atoms with van der Waals surface area (Å²) in [6, 6.07) is 162. The van der Waals surface area contributed by atoms with Crippen molar-refractivity contribution in [1.29, 1.82) is 0 Å². The molecule has 9 nitrogen and oxygen atoms in total. The summed E-state index contributed by atoms with van der Waals surface area (Å²) >= 11 is 0. The molecular formula is C117H75N9. The third-order valence-corrected chi connectivity index (χ3v) is 24.8. The molecule has 0 aliphatic rings. The van der Waals surface area contributed by atoms with E-state index < -0.39 is 0 Å². The number of benzene rings is 19. The molecule has 9 heteroatoms. The molecule has 25 rings (SSSR count). The van der Waals surface area contributed by atoms with Crippen LogP contribution in [0.5, 0.6) is 0 Å². The van der Waals surface area contributed by atoms with E-state index in [-0.39, 0.29) is 0 Å². The molecule has 0 spiro atoms. The summed E-state index contributed by atoms with van der Waals surface area (Å²) in [6.45, 7) is 0. The number of rotatable bonds is 13. The van der Waals surface area contributed by atoms with Crippen LogP contribution < -0.4 is 0 Å². The number of para-hydroxylation sites is 6. The van der Waals surface area contributed by atoms with Crippen molar-refractivity contribution in [3.05, 3.63) is 455 Å². The molecule has 0 aliphatic carbocycles. The third kappa shape index (κ3) is 12.7. The van der Waals surface area contributed by atoms with Crippen molar-refractivity contribution >= 4 is 109 Å². The molecule has 6 aromatic heterocycles. The Bertz CT molecular complexity index is 8480. The van der Waals surface area contributed by atoms with Gasteiger partial charge >= 0.3 is 0 Å². The highest BCUT2D eigenvalue weighted by molar-refractivity contribution is 6.30. The smallest absolute Gasteiger partial charge is 0.164 e. The van der Waals surface area contributed by atoms with Crippen LogP contribution in [-0.2, 0) is 0 Å². The van der Waals surface area contributed by atoms with Crippen LogP contribution in [0.15, 0.2) is 455 Å². The Morgan fingerprint density at radius 2 is 0.452 bits per heavy atom. The van der Waals surface area contributed by atoms with E-state index in [2.05, 4.69) is 449 Å². The Labute approximate surface area is 726 Å². The molecule has 0 atom stereocenters. The normalized spacial score (nSPS) is 11.7. The Hall–Kier alpha value is -17.0. The second-order valence-corrected chi connectivity index (χ2v) is 32.2. The van der Waals surface area contributed by atoms with Gasteiger partial charge in [-0.05, 0) is 182 Å². The van der Waals surface area contributed by atoms with Gasteiger partial charge in [-0.25, -0.2) is 24.9 Å². The zero-order chi connectivity index (χ0) is 83.1. The molecule has 0 N–H and O–H groups in total. The first-order valence-electron chi connectivity index (χ1n) is 42.8. The SMILES string of the molecule is c1ccc(-c2cccc(-c3cc(-c4cccc(-c5ccc(-n6c7ccccc7c7c8c9ccccc9n(-c9ccccc9)c8ccc76)cc5)c4)nc(-c4ccccc4)n3)c2)cc1.c1ccc(-n2c3ccccc3c3c4c5ccccc5n(-c5cccc(-c6ccccc6-c6nc(-c7ccc8ccccc8c7)nc(-c7ccc8ccccc8c7)n6)c5)c4ccc32)cc1. The maximum Gasteiger partial charge on any atom is 0.164 e. The number of hydrogen-bond donors (Lipinski definition) is 0. The Morgan fingerprint density at radius 1 is 0.143 bits per heavy atom. The minimum absolute atomic E-state index is 0.622. The molecule has 19 aromatic carbocycles. The molecule has 0 saturated carbocycles. The van der Waals surface area contributed by atoms with Crippen molar-refractivity contribution in [3.63, 3.8) is 0 Å². The van der Waals surface area contributed by atoms with Gasteiger partial charge in [-0.3, -0.25) is 0 Å². The van der Waals surface area contributed by atoms with Crippen molar-refractivity contribution < 1.29 is 0 Å². The molecule has 25 aromatic rings. The Balaban J connectivity index is 0.000000141. The van der Waals surface area contributed by atoms with Gasteiger partial charge in [-0.2, -0.15) is 0 Å². The molecule has 0 saturated heterocycles. The number of nitrogens with zero attached hydrogens (tertiary/aromatic N) is 9. The quantitative estimate of drug-likeness (QED) is 0.115. The lowest BCUT2D eigenvalue weighted by Crippen LogP contribution is -2.01. The predicted molar refractivity (Wildman–Crippen MR) is 523 cm³/mol. The lowest BCUT2D eigenvalue weighted by molar-refractivity contribution is 1.08. The zero-order valence-corrected chi connectivity index (χ0v) is 68.3. The minimum atomic E-state index is 0.622. The molecule has 126 heavy (non-hydrogen) atoms. The van der Waals surface area contributed by atoms with E-state index in [1.807, 2.05) is 24.3 Å². The van der Waals surface area contributed by atoms with E-state index >= 15 is 0 Å². The summed E-state index contributed by atoms with van der Waals surface area (Å²) in [7, 11) is 0. The van der Waals surface area contributed by atoms with Crippen molar-refractivity contribution in [2.24, 2.45) is 0 Å². The average molecular weight is 1610 g/mol. The monoisotopic (exact) mass is 1610 g/mol. The molecule has 0 aliphatic heterocycles. The van der Waals surface area contributed by atoms with Crippen molar-refractivity contribution in [3.8, 4) is 124 Å². The Morgan fingerprint density at radius 3 is 0.913 bits per heavy atom. The largest absolute Gasteiger partial charge is 0.309 e. The van der Waals surface area contributed by atoms with Crippen molar-refractivity contribution in [2.45, 2.75) is 0 Å². The summed E-state index contributed by atoms with van der Waals surface area (Å²) in [4.78, 5) is 26.0. The first-order valence-corrected chi connectivity index (χ1v) is 42.8. The summed E-state index contributed by atoms with van der Waals surface area (Å²) in [5, 5.41) is 14.6.